The van der Waals surface area contributed by atoms with E-state index in [2.05, 4.69) is 53.6 Å². The van der Waals surface area contributed by atoms with E-state index in [-0.39, 0.29) is 17.9 Å². The molecule has 0 radical (unpaired) electrons. The van der Waals surface area contributed by atoms with Gasteiger partial charge in [-0.1, -0.05) is 30.3 Å². The number of carbonyl (C=O) groups is 1. The van der Waals surface area contributed by atoms with Crippen LogP contribution >= 0.6 is 0 Å². The Morgan fingerprint density at radius 2 is 1.88 bits per heavy atom. The van der Waals surface area contributed by atoms with Crippen molar-refractivity contribution in [2.75, 3.05) is 0 Å². The Kier molecular flexibility index (Phi) is 4.09. The third-order valence-corrected chi connectivity index (χ3v) is 4.96. The first-order chi connectivity index (χ1) is 11.7. The van der Waals surface area contributed by atoms with E-state index < -0.39 is 0 Å². The summed E-state index contributed by atoms with van der Waals surface area (Å²) in [6.45, 7) is 2.08. The van der Waals surface area contributed by atoms with Crippen LogP contribution in [-0.2, 0) is 11.2 Å². The summed E-state index contributed by atoms with van der Waals surface area (Å²) in [6.07, 6.45) is 7.62. The van der Waals surface area contributed by atoms with Crippen LogP contribution in [0, 0.1) is 5.92 Å². The fourth-order valence-electron chi connectivity index (χ4n) is 3.16. The maximum Gasteiger partial charge on any atom is 0.223 e. The molecule has 1 atom stereocenters. The summed E-state index contributed by atoms with van der Waals surface area (Å²) in [6, 6.07) is 13.1. The Morgan fingerprint density at radius 3 is 2.46 bits per heavy atom. The summed E-state index contributed by atoms with van der Waals surface area (Å²) in [5.74, 6) is 1.25. The highest BCUT2D eigenvalue weighted by molar-refractivity contribution is 5.81. The molecule has 3 heteroatoms. The van der Waals surface area contributed by atoms with Gasteiger partial charge in [-0.15, -0.1) is 0 Å². The van der Waals surface area contributed by atoms with Gasteiger partial charge in [-0.3, -0.25) is 9.78 Å². The van der Waals surface area contributed by atoms with Gasteiger partial charge in [0.1, 0.15) is 0 Å². The third-order valence-electron chi connectivity index (χ3n) is 4.96. The van der Waals surface area contributed by atoms with Crippen LogP contribution in [-0.4, -0.2) is 16.9 Å². The van der Waals surface area contributed by atoms with Crippen molar-refractivity contribution >= 4 is 5.91 Å². The van der Waals surface area contributed by atoms with Crippen LogP contribution < -0.4 is 5.32 Å². The summed E-state index contributed by atoms with van der Waals surface area (Å²) in [5.41, 5.74) is 4.80. The smallest absolute Gasteiger partial charge is 0.223 e. The molecule has 24 heavy (non-hydrogen) atoms. The van der Waals surface area contributed by atoms with Gasteiger partial charge in [0.25, 0.3) is 0 Å². The van der Waals surface area contributed by atoms with Crippen molar-refractivity contribution in [3.05, 3.63) is 53.7 Å². The molecule has 2 fully saturated rings. The third kappa shape index (κ3) is 3.66. The Bertz CT molecular complexity index is 713. The number of nitrogens with one attached hydrogen (secondary N) is 1. The number of hydrogen-bond donors (Lipinski definition) is 1. The first kappa shape index (κ1) is 15.4. The molecule has 2 aliphatic carbocycles. The van der Waals surface area contributed by atoms with Gasteiger partial charge < -0.3 is 5.32 Å². The predicted octanol–water partition coefficient (Wildman–Crippen LogP) is 4.08. The molecule has 1 amide bonds. The Balaban J connectivity index is 1.37. The van der Waals surface area contributed by atoms with Crippen molar-refractivity contribution in [3.8, 4) is 11.3 Å². The van der Waals surface area contributed by atoms with E-state index in [0.717, 1.165) is 36.4 Å². The maximum atomic E-state index is 11.8. The number of carbonyl (C=O) groups excluding carboxylic acids is 1. The quantitative estimate of drug-likeness (QED) is 0.871. The molecule has 124 valence electrons. The Hall–Kier alpha value is -2.16. The minimum absolute atomic E-state index is 0.180. The van der Waals surface area contributed by atoms with Gasteiger partial charge in [-0.05, 0) is 62.1 Å². The molecule has 3 nitrogen and oxygen atoms in total. The van der Waals surface area contributed by atoms with Crippen LogP contribution in [0.1, 0.15) is 49.7 Å². The zero-order chi connectivity index (χ0) is 16.5. The largest absolute Gasteiger partial charge is 0.353 e. The molecule has 0 aliphatic heterocycles. The SMILES string of the molecule is CC(Cc1ccc(-c2ccc(C3CC3)cn2)cc1)NC(=O)C1CC1. The molecule has 2 aliphatic rings. The molecule has 1 aromatic heterocycles. The normalized spacial score (nSPS) is 18.2. The van der Waals surface area contributed by atoms with Crippen LogP contribution in [0.25, 0.3) is 11.3 Å². The van der Waals surface area contributed by atoms with Crippen molar-refractivity contribution in [1.29, 1.82) is 0 Å². The maximum absolute atomic E-state index is 11.8. The lowest BCUT2D eigenvalue weighted by Gasteiger charge is -2.14. The standard InChI is InChI=1S/C21H24N2O/c1-14(23-21(24)18-8-9-18)12-15-2-4-17(5-3-15)20-11-10-19(13-22-20)16-6-7-16/h2-5,10-11,13-14,16,18H,6-9,12H2,1H3,(H,23,24). The molecular weight excluding hydrogens is 296 g/mol. The fraction of sp³-hybridized carbons (Fsp3) is 0.429. The number of pyridine rings is 1. The summed E-state index contributed by atoms with van der Waals surface area (Å²) in [5, 5.41) is 3.11. The highest BCUT2D eigenvalue weighted by Gasteiger charge is 2.30. The topological polar surface area (TPSA) is 42.0 Å². The van der Waals surface area contributed by atoms with Gasteiger partial charge in [0.15, 0.2) is 0 Å². The number of nitrogens with zero attached hydrogens (tertiary/aromatic N) is 1. The molecule has 0 spiro atoms. The minimum atomic E-state index is 0.180. The molecule has 4 rings (SSSR count). The Morgan fingerprint density at radius 1 is 1.12 bits per heavy atom. The zero-order valence-electron chi connectivity index (χ0n) is 14.2. The number of aromatic nitrogens is 1. The summed E-state index contributed by atoms with van der Waals surface area (Å²) in [4.78, 5) is 16.4. The average Bonchev–Trinajstić information content (AvgIpc) is 3.49. The highest BCUT2D eigenvalue weighted by Crippen LogP contribution is 2.39. The molecule has 1 aromatic carbocycles. The van der Waals surface area contributed by atoms with Gasteiger partial charge in [-0.25, -0.2) is 0 Å². The van der Waals surface area contributed by atoms with E-state index in [1.54, 1.807) is 0 Å². The van der Waals surface area contributed by atoms with Crippen molar-refractivity contribution in [2.45, 2.75) is 51.0 Å². The second kappa shape index (κ2) is 6.39. The van der Waals surface area contributed by atoms with Gasteiger partial charge in [0.05, 0.1) is 5.69 Å². The summed E-state index contributed by atoms with van der Waals surface area (Å²) >= 11 is 0. The van der Waals surface area contributed by atoms with E-state index in [4.69, 9.17) is 0 Å². The lowest BCUT2D eigenvalue weighted by Crippen LogP contribution is -2.35. The second-order valence-electron chi connectivity index (χ2n) is 7.34. The van der Waals surface area contributed by atoms with Crippen molar-refractivity contribution in [2.24, 2.45) is 5.92 Å². The molecule has 0 bridgehead atoms. The minimum Gasteiger partial charge on any atom is -0.353 e. The van der Waals surface area contributed by atoms with Crippen molar-refractivity contribution < 1.29 is 4.79 Å². The van der Waals surface area contributed by atoms with Gasteiger partial charge >= 0.3 is 0 Å². The van der Waals surface area contributed by atoms with Gasteiger partial charge in [0, 0.05) is 23.7 Å². The number of benzene rings is 1. The average molecular weight is 320 g/mol. The summed E-state index contributed by atoms with van der Waals surface area (Å²) < 4.78 is 0. The van der Waals surface area contributed by atoms with Crippen LogP contribution in [0.5, 0.6) is 0 Å². The Labute approximate surface area is 143 Å². The monoisotopic (exact) mass is 320 g/mol. The van der Waals surface area contributed by atoms with E-state index in [9.17, 15) is 4.79 Å². The number of amides is 1. The lowest BCUT2D eigenvalue weighted by atomic mass is 10.0. The number of hydrogen-bond acceptors (Lipinski definition) is 2. The lowest BCUT2D eigenvalue weighted by molar-refractivity contribution is -0.122. The first-order valence-electron chi connectivity index (χ1n) is 9.04. The molecule has 1 N–H and O–H groups in total. The van der Waals surface area contributed by atoms with Crippen LogP contribution in [0.15, 0.2) is 42.6 Å². The summed E-state index contributed by atoms with van der Waals surface area (Å²) in [7, 11) is 0. The van der Waals surface area contributed by atoms with Crippen molar-refractivity contribution in [1.82, 2.24) is 10.3 Å². The molecule has 2 saturated carbocycles. The molecule has 1 heterocycles. The van der Waals surface area contributed by atoms with Gasteiger partial charge in [-0.2, -0.15) is 0 Å². The first-order valence-corrected chi connectivity index (χ1v) is 9.04. The van der Waals surface area contributed by atoms with Gasteiger partial charge in [0.2, 0.25) is 5.91 Å². The fourth-order valence-corrected chi connectivity index (χ4v) is 3.16. The van der Waals surface area contributed by atoms with E-state index in [0.29, 0.717) is 0 Å². The highest BCUT2D eigenvalue weighted by atomic mass is 16.2. The molecule has 2 aromatic rings. The van der Waals surface area contributed by atoms with Crippen LogP contribution in [0.2, 0.25) is 0 Å². The van der Waals surface area contributed by atoms with Crippen molar-refractivity contribution in [3.63, 3.8) is 0 Å². The second-order valence-corrected chi connectivity index (χ2v) is 7.34. The van der Waals surface area contributed by atoms with Crippen LogP contribution in [0.4, 0.5) is 0 Å². The van der Waals surface area contributed by atoms with E-state index >= 15 is 0 Å². The molecule has 0 saturated heterocycles. The van der Waals surface area contributed by atoms with Crippen LogP contribution in [0.3, 0.4) is 0 Å². The molecular formula is C21H24N2O. The number of rotatable bonds is 6. The zero-order valence-corrected chi connectivity index (χ0v) is 14.2. The molecule has 1 unspecified atom stereocenters. The van der Waals surface area contributed by atoms with E-state index in [1.165, 1.54) is 24.0 Å². The predicted molar refractivity (Wildman–Crippen MR) is 95.7 cm³/mol. The van der Waals surface area contributed by atoms with E-state index in [1.807, 2.05) is 6.20 Å².